The predicted molar refractivity (Wildman–Crippen MR) is 76.9 cm³/mol. The van der Waals surface area contributed by atoms with Gasteiger partial charge in [0.15, 0.2) is 0 Å². The van der Waals surface area contributed by atoms with E-state index in [-0.39, 0.29) is 5.97 Å². The van der Waals surface area contributed by atoms with Crippen molar-refractivity contribution < 1.29 is 9.53 Å². The fourth-order valence-electron chi connectivity index (χ4n) is 2.37. The van der Waals surface area contributed by atoms with Crippen LogP contribution in [0.3, 0.4) is 0 Å². The van der Waals surface area contributed by atoms with E-state index in [1.54, 1.807) is 0 Å². The number of esters is 1. The normalized spacial score (nSPS) is 10.8. The van der Waals surface area contributed by atoms with E-state index in [0.29, 0.717) is 18.8 Å². The monoisotopic (exact) mass is 275 g/mol. The number of hydrogen-bond acceptors (Lipinski definition) is 3. The van der Waals surface area contributed by atoms with Gasteiger partial charge in [-0.1, -0.05) is 0 Å². The van der Waals surface area contributed by atoms with Crippen LogP contribution in [-0.4, -0.2) is 26.9 Å². The maximum atomic E-state index is 12.0. The van der Waals surface area contributed by atoms with Crippen LogP contribution in [0.1, 0.15) is 41.3 Å². The Labute approximate surface area is 119 Å². The zero-order chi connectivity index (χ0) is 14.7. The van der Waals surface area contributed by atoms with Gasteiger partial charge in [0.25, 0.3) is 0 Å². The molecule has 2 rings (SSSR count). The molecular weight excluding hydrogens is 254 g/mol. The maximum Gasteiger partial charge on any atom is 0.355 e. The molecule has 0 aliphatic carbocycles. The number of carbonyl (C=O) groups excluding carboxylic acids is 1. The number of aryl methyl sites for hydroxylation is 3. The topological polar surface area (TPSA) is 49.1 Å². The highest BCUT2D eigenvalue weighted by Crippen LogP contribution is 2.15. The third kappa shape index (κ3) is 2.76. The van der Waals surface area contributed by atoms with Gasteiger partial charge in [-0.2, -0.15) is 5.10 Å². The highest BCUT2D eigenvalue weighted by molar-refractivity contribution is 5.89. The van der Waals surface area contributed by atoms with Crippen LogP contribution in [0.25, 0.3) is 0 Å². The van der Waals surface area contributed by atoms with Crippen molar-refractivity contribution in [3.63, 3.8) is 0 Å². The second kappa shape index (κ2) is 5.94. The van der Waals surface area contributed by atoms with Crippen molar-refractivity contribution in [3.8, 4) is 0 Å². The zero-order valence-electron chi connectivity index (χ0n) is 12.5. The van der Waals surface area contributed by atoms with Crippen LogP contribution < -0.4 is 0 Å². The summed E-state index contributed by atoms with van der Waals surface area (Å²) < 4.78 is 9.01. The number of hydrogen-bond donors (Lipinski definition) is 0. The van der Waals surface area contributed by atoms with E-state index in [2.05, 4.69) is 12.0 Å². The third-order valence-corrected chi connectivity index (χ3v) is 3.25. The molecule has 0 N–H and O–H groups in total. The van der Waals surface area contributed by atoms with Gasteiger partial charge in [-0.15, -0.1) is 0 Å². The number of nitrogens with zero attached hydrogens (tertiary/aromatic N) is 3. The quantitative estimate of drug-likeness (QED) is 0.788. The first-order chi connectivity index (χ1) is 9.56. The van der Waals surface area contributed by atoms with Gasteiger partial charge >= 0.3 is 5.97 Å². The van der Waals surface area contributed by atoms with Crippen LogP contribution in [0, 0.1) is 13.8 Å². The summed E-state index contributed by atoms with van der Waals surface area (Å²) in [6.45, 7) is 9.59. The number of ether oxygens (including phenoxy) is 1. The van der Waals surface area contributed by atoms with Crippen molar-refractivity contribution in [2.45, 2.75) is 40.8 Å². The average molecular weight is 275 g/mol. The van der Waals surface area contributed by atoms with E-state index in [1.165, 1.54) is 0 Å². The average Bonchev–Trinajstić information content (AvgIpc) is 2.93. The van der Waals surface area contributed by atoms with Crippen molar-refractivity contribution in [2.75, 3.05) is 6.61 Å². The summed E-state index contributed by atoms with van der Waals surface area (Å²) in [7, 11) is 0. The van der Waals surface area contributed by atoms with Gasteiger partial charge in [0.05, 0.1) is 24.5 Å². The van der Waals surface area contributed by atoms with E-state index in [4.69, 9.17) is 4.74 Å². The Balaban J connectivity index is 2.32. The van der Waals surface area contributed by atoms with Gasteiger partial charge in [0, 0.05) is 12.7 Å². The molecule has 0 bridgehead atoms. The van der Waals surface area contributed by atoms with Crippen LogP contribution in [0.2, 0.25) is 0 Å². The number of aromatic nitrogens is 3. The van der Waals surface area contributed by atoms with Crippen LogP contribution in [0.15, 0.2) is 18.3 Å². The van der Waals surface area contributed by atoms with E-state index < -0.39 is 0 Å². The molecule has 2 heterocycles. The smallest absolute Gasteiger partial charge is 0.355 e. The molecule has 0 aliphatic heterocycles. The third-order valence-electron chi connectivity index (χ3n) is 3.25. The highest BCUT2D eigenvalue weighted by Gasteiger charge is 2.17. The summed E-state index contributed by atoms with van der Waals surface area (Å²) in [5.41, 5.74) is 3.63. The fourth-order valence-corrected chi connectivity index (χ4v) is 2.37. The molecule has 0 radical (unpaired) electrons. The molecule has 0 saturated heterocycles. The van der Waals surface area contributed by atoms with Crippen LogP contribution >= 0.6 is 0 Å². The minimum atomic E-state index is -0.269. The maximum absolute atomic E-state index is 12.0. The van der Waals surface area contributed by atoms with Crippen molar-refractivity contribution >= 4 is 5.97 Å². The molecule has 0 fully saturated rings. The van der Waals surface area contributed by atoms with Gasteiger partial charge in [0.2, 0.25) is 0 Å². The number of rotatable bonds is 5. The molecule has 108 valence electrons. The summed E-state index contributed by atoms with van der Waals surface area (Å²) in [5.74, 6) is -0.269. The van der Waals surface area contributed by atoms with Gasteiger partial charge in [-0.3, -0.25) is 4.68 Å². The molecule has 0 amide bonds. The molecule has 0 aromatic carbocycles. The molecule has 2 aromatic rings. The van der Waals surface area contributed by atoms with Crippen molar-refractivity contribution in [2.24, 2.45) is 0 Å². The van der Waals surface area contributed by atoms with Crippen molar-refractivity contribution in [3.05, 3.63) is 41.0 Å². The summed E-state index contributed by atoms with van der Waals surface area (Å²) >= 11 is 0. The first-order valence-electron chi connectivity index (χ1n) is 6.93. The van der Waals surface area contributed by atoms with E-state index in [9.17, 15) is 4.79 Å². The van der Waals surface area contributed by atoms with E-state index in [1.807, 2.05) is 48.3 Å². The Morgan fingerprint density at radius 3 is 2.75 bits per heavy atom. The summed E-state index contributed by atoms with van der Waals surface area (Å²) in [4.78, 5) is 12.0. The first kappa shape index (κ1) is 14.4. The van der Waals surface area contributed by atoms with E-state index in [0.717, 1.165) is 23.5 Å². The first-order valence-corrected chi connectivity index (χ1v) is 6.93. The lowest BCUT2D eigenvalue weighted by Crippen LogP contribution is -2.15. The van der Waals surface area contributed by atoms with Gasteiger partial charge in [-0.05, 0) is 45.4 Å². The molecule has 20 heavy (non-hydrogen) atoms. The minimum Gasteiger partial charge on any atom is -0.461 e. The Morgan fingerprint density at radius 2 is 2.10 bits per heavy atom. The molecule has 0 saturated carbocycles. The minimum absolute atomic E-state index is 0.269. The Bertz CT molecular complexity index is 611. The SMILES string of the molecule is CCOC(=O)c1c(C)ccn1Cc1cc(C)nn1CC. The molecule has 0 atom stereocenters. The lowest BCUT2D eigenvalue weighted by atomic mass is 10.2. The van der Waals surface area contributed by atoms with Crippen molar-refractivity contribution in [1.82, 2.24) is 14.3 Å². The lowest BCUT2D eigenvalue weighted by molar-refractivity contribution is 0.0513. The fraction of sp³-hybridized carbons (Fsp3) is 0.467. The molecule has 0 spiro atoms. The standard InChI is InChI=1S/C15H21N3O2/c1-5-18-13(9-12(4)16-18)10-17-8-7-11(3)14(17)15(19)20-6-2/h7-9H,5-6,10H2,1-4H3. The molecule has 2 aromatic heterocycles. The van der Waals surface area contributed by atoms with E-state index >= 15 is 0 Å². The lowest BCUT2D eigenvalue weighted by Gasteiger charge is -2.10. The Hall–Kier alpha value is -2.04. The predicted octanol–water partition coefficient (Wildman–Crippen LogP) is 2.55. The Kier molecular flexibility index (Phi) is 4.27. The zero-order valence-corrected chi connectivity index (χ0v) is 12.5. The molecule has 0 unspecified atom stereocenters. The summed E-state index contributed by atoms with van der Waals surface area (Å²) in [5, 5.41) is 4.43. The molecule has 5 nitrogen and oxygen atoms in total. The highest BCUT2D eigenvalue weighted by atomic mass is 16.5. The van der Waals surface area contributed by atoms with Gasteiger partial charge in [-0.25, -0.2) is 4.79 Å². The molecule has 5 heteroatoms. The second-order valence-electron chi connectivity index (χ2n) is 4.79. The summed E-state index contributed by atoms with van der Waals surface area (Å²) in [6.07, 6.45) is 1.92. The largest absolute Gasteiger partial charge is 0.461 e. The molecular formula is C15H21N3O2. The number of carbonyl (C=O) groups is 1. The van der Waals surface area contributed by atoms with Gasteiger partial charge in [0.1, 0.15) is 5.69 Å². The van der Waals surface area contributed by atoms with Gasteiger partial charge < -0.3 is 9.30 Å². The van der Waals surface area contributed by atoms with Crippen LogP contribution in [-0.2, 0) is 17.8 Å². The molecule has 0 aliphatic rings. The van der Waals surface area contributed by atoms with Crippen LogP contribution in [0.5, 0.6) is 0 Å². The van der Waals surface area contributed by atoms with Crippen LogP contribution in [0.4, 0.5) is 0 Å². The summed E-state index contributed by atoms with van der Waals surface area (Å²) in [6, 6.07) is 3.99. The second-order valence-corrected chi connectivity index (χ2v) is 4.79. The Morgan fingerprint density at radius 1 is 1.35 bits per heavy atom. The van der Waals surface area contributed by atoms with Crippen molar-refractivity contribution in [1.29, 1.82) is 0 Å².